The second kappa shape index (κ2) is 6.27. The molecule has 0 fully saturated rings. The molecule has 0 aromatic heterocycles. The molecule has 2 nitrogen and oxygen atoms in total. The molecule has 2 rings (SSSR count). The van der Waals surface area contributed by atoms with Crippen LogP contribution < -0.4 is 0 Å². The minimum absolute atomic E-state index is 0.213. The second-order valence-corrected chi connectivity index (χ2v) is 5.54. The van der Waals surface area contributed by atoms with Crippen LogP contribution in [0.5, 0.6) is 5.75 Å². The summed E-state index contributed by atoms with van der Waals surface area (Å²) in [5.74, 6) is 0.424. The highest BCUT2D eigenvalue weighted by Gasteiger charge is 2.21. The van der Waals surface area contributed by atoms with Gasteiger partial charge in [-0.2, -0.15) is 0 Å². The molecule has 0 aliphatic rings. The summed E-state index contributed by atoms with van der Waals surface area (Å²) in [6.45, 7) is 6.61. The molecule has 2 heteroatoms. The number of aromatic hydroxyl groups is 1. The number of rotatable bonds is 5. The summed E-state index contributed by atoms with van der Waals surface area (Å²) in [6.07, 6.45) is 2.26. The molecule has 0 bridgehead atoms. The topological polar surface area (TPSA) is 23.5 Å². The molecule has 1 N–H and O–H groups in total. The molecule has 1 atom stereocenters. The lowest BCUT2D eigenvalue weighted by Gasteiger charge is -2.32. The maximum absolute atomic E-state index is 10.6. The van der Waals surface area contributed by atoms with Gasteiger partial charge >= 0.3 is 0 Å². The zero-order valence-corrected chi connectivity index (χ0v) is 12.9. The van der Waals surface area contributed by atoms with Crippen molar-refractivity contribution in [2.45, 2.75) is 45.7 Å². The van der Waals surface area contributed by atoms with Crippen LogP contribution in [-0.2, 0) is 0 Å². The first-order valence-corrected chi connectivity index (χ1v) is 7.52. The predicted molar refractivity (Wildman–Crippen MR) is 86.2 cm³/mol. The van der Waals surface area contributed by atoms with Crippen LogP contribution in [0.2, 0.25) is 0 Å². The van der Waals surface area contributed by atoms with Crippen LogP contribution in [0.4, 0.5) is 0 Å². The van der Waals surface area contributed by atoms with Gasteiger partial charge in [-0.1, -0.05) is 50.2 Å². The highest BCUT2D eigenvalue weighted by atomic mass is 16.3. The minimum Gasteiger partial charge on any atom is -0.507 e. The Kier molecular flexibility index (Phi) is 4.66. The van der Waals surface area contributed by atoms with Crippen molar-refractivity contribution >= 4 is 10.8 Å². The van der Waals surface area contributed by atoms with E-state index in [2.05, 4.69) is 44.9 Å². The van der Waals surface area contributed by atoms with Crippen molar-refractivity contribution in [1.29, 1.82) is 0 Å². The molecule has 0 radical (unpaired) electrons. The first-order valence-electron chi connectivity index (χ1n) is 7.52. The van der Waals surface area contributed by atoms with Gasteiger partial charge in [0.05, 0.1) is 0 Å². The van der Waals surface area contributed by atoms with Crippen molar-refractivity contribution < 1.29 is 5.11 Å². The first kappa shape index (κ1) is 14.9. The highest BCUT2D eigenvalue weighted by Crippen LogP contribution is 2.35. The van der Waals surface area contributed by atoms with E-state index in [0.29, 0.717) is 11.8 Å². The third kappa shape index (κ3) is 2.66. The first-order chi connectivity index (χ1) is 9.60. The van der Waals surface area contributed by atoms with Crippen molar-refractivity contribution in [2.75, 3.05) is 7.05 Å². The fourth-order valence-corrected chi connectivity index (χ4v) is 3.01. The Morgan fingerprint density at radius 1 is 1.05 bits per heavy atom. The Balaban J connectivity index is 2.39. The Hall–Kier alpha value is -1.54. The quantitative estimate of drug-likeness (QED) is 0.850. The predicted octanol–water partition coefficient (Wildman–Crippen LogP) is 4.73. The lowest BCUT2D eigenvalue weighted by Crippen LogP contribution is -2.33. The number of hydrogen-bond acceptors (Lipinski definition) is 2. The Bertz CT molecular complexity index is 575. The van der Waals surface area contributed by atoms with E-state index in [1.165, 1.54) is 0 Å². The standard InChI is InChI=1S/C18H25NO/c1-5-15(6-2)19(4)13(3)16-12-11-14-9-7-8-10-17(14)18(16)20/h7-13,15,20H,5-6H2,1-4H3. The van der Waals surface area contributed by atoms with E-state index in [1.807, 2.05) is 24.3 Å². The average Bonchev–Trinajstić information content (AvgIpc) is 2.48. The van der Waals surface area contributed by atoms with E-state index in [1.54, 1.807) is 0 Å². The maximum Gasteiger partial charge on any atom is 0.128 e. The van der Waals surface area contributed by atoms with Gasteiger partial charge in [0, 0.05) is 23.0 Å². The van der Waals surface area contributed by atoms with Crippen molar-refractivity contribution in [2.24, 2.45) is 0 Å². The molecule has 0 saturated heterocycles. The van der Waals surface area contributed by atoms with Crippen LogP contribution in [0, 0.1) is 0 Å². The van der Waals surface area contributed by atoms with E-state index < -0.39 is 0 Å². The van der Waals surface area contributed by atoms with Crippen LogP contribution in [0.3, 0.4) is 0 Å². The van der Waals surface area contributed by atoms with Gasteiger partial charge in [0.1, 0.15) is 5.75 Å². The highest BCUT2D eigenvalue weighted by molar-refractivity contribution is 5.89. The Labute approximate surface area is 122 Å². The SMILES string of the molecule is CCC(CC)N(C)C(C)c1ccc2ccccc2c1O. The maximum atomic E-state index is 10.6. The smallest absolute Gasteiger partial charge is 0.128 e. The molecule has 0 aliphatic carbocycles. The van der Waals surface area contributed by atoms with Crippen molar-refractivity contribution in [1.82, 2.24) is 4.90 Å². The fraction of sp³-hybridized carbons (Fsp3) is 0.444. The zero-order chi connectivity index (χ0) is 14.7. The molecular weight excluding hydrogens is 246 g/mol. The lowest BCUT2D eigenvalue weighted by atomic mass is 9.98. The Morgan fingerprint density at radius 2 is 1.70 bits per heavy atom. The largest absolute Gasteiger partial charge is 0.507 e. The minimum atomic E-state index is 0.213. The number of phenols is 1. The van der Waals surface area contributed by atoms with Crippen LogP contribution in [-0.4, -0.2) is 23.1 Å². The molecule has 0 spiro atoms. The number of phenolic OH excluding ortho intramolecular Hbond substituents is 1. The molecule has 2 aromatic carbocycles. The van der Waals surface area contributed by atoms with Gasteiger partial charge < -0.3 is 5.11 Å². The third-order valence-corrected chi connectivity index (χ3v) is 4.51. The van der Waals surface area contributed by atoms with E-state index >= 15 is 0 Å². The van der Waals surface area contributed by atoms with E-state index in [9.17, 15) is 5.11 Å². The van der Waals surface area contributed by atoms with Crippen LogP contribution >= 0.6 is 0 Å². The summed E-state index contributed by atoms with van der Waals surface area (Å²) in [5, 5.41) is 12.6. The molecule has 0 amide bonds. The van der Waals surface area contributed by atoms with Crippen LogP contribution in [0.1, 0.15) is 45.2 Å². The molecule has 2 aromatic rings. The molecule has 0 saturated carbocycles. The second-order valence-electron chi connectivity index (χ2n) is 5.54. The number of hydrogen-bond donors (Lipinski definition) is 1. The third-order valence-electron chi connectivity index (χ3n) is 4.51. The zero-order valence-electron chi connectivity index (χ0n) is 12.9. The van der Waals surface area contributed by atoms with Gasteiger partial charge in [0.15, 0.2) is 0 Å². The summed E-state index contributed by atoms with van der Waals surface area (Å²) >= 11 is 0. The molecule has 1 unspecified atom stereocenters. The summed E-state index contributed by atoms with van der Waals surface area (Å²) in [5.41, 5.74) is 1.01. The van der Waals surface area contributed by atoms with Gasteiger partial charge in [-0.05, 0) is 32.2 Å². The fourth-order valence-electron chi connectivity index (χ4n) is 3.01. The molecule has 108 valence electrons. The summed E-state index contributed by atoms with van der Waals surface area (Å²) < 4.78 is 0. The normalized spacial score (nSPS) is 13.3. The average molecular weight is 271 g/mol. The molecule has 0 heterocycles. The van der Waals surface area contributed by atoms with Crippen molar-refractivity contribution in [3.8, 4) is 5.75 Å². The Morgan fingerprint density at radius 3 is 2.35 bits per heavy atom. The number of fused-ring (bicyclic) bond motifs is 1. The monoisotopic (exact) mass is 271 g/mol. The van der Waals surface area contributed by atoms with Gasteiger partial charge in [0.25, 0.3) is 0 Å². The molecule has 0 aliphatic heterocycles. The van der Waals surface area contributed by atoms with Gasteiger partial charge in [-0.15, -0.1) is 0 Å². The number of benzene rings is 2. The van der Waals surface area contributed by atoms with E-state index in [0.717, 1.165) is 29.2 Å². The summed E-state index contributed by atoms with van der Waals surface area (Å²) in [6, 6.07) is 12.9. The summed E-state index contributed by atoms with van der Waals surface area (Å²) in [4.78, 5) is 2.36. The lowest BCUT2D eigenvalue weighted by molar-refractivity contribution is 0.173. The van der Waals surface area contributed by atoms with Crippen LogP contribution in [0.25, 0.3) is 10.8 Å². The van der Waals surface area contributed by atoms with E-state index in [-0.39, 0.29) is 6.04 Å². The van der Waals surface area contributed by atoms with Gasteiger partial charge in [0.2, 0.25) is 0 Å². The van der Waals surface area contributed by atoms with Gasteiger partial charge in [-0.3, -0.25) is 4.90 Å². The van der Waals surface area contributed by atoms with Crippen molar-refractivity contribution in [3.63, 3.8) is 0 Å². The van der Waals surface area contributed by atoms with Crippen LogP contribution in [0.15, 0.2) is 36.4 Å². The van der Waals surface area contributed by atoms with Crippen molar-refractivity contribution in [3.05, 3.63) is 42.0 Å². The number of nitrogens with zero attached hydrogens (tertiary/aromatic N) is 1. The van der Waals surface area contributed by atoms with E-state index in [4.69, 9.17) is 0 Å². The molecular formula is C18H25NO. The van der Waals surface area contributed by atoms with Gasteiger partial charge in [-0.25, -0.2) is 0 Å². The summed E-state index contributed by atoms with van der Waals surface area (Å²) in [7, 11) is 2.15. The molecule has 20 heavy (non-hydrogen) atoms.